The number of hydrogen-bond acceptors (Lipinski definition) is 4. The van der Waals surface area contributed by atoms with Crippen molar-refractivity contribution in [3.05, 3.63) is 0 Å². The van der Waals surface area contributed by atoms with E-state index >= 15 is 0 Å². The molecule has 0 aromatic rings. The van der Waals surface area contributed by atoms with Gasteiger partial charge in [0.1, 0.15) is 6.61 Å². The van der Waals surface area contributed by atoms with E-state index in [0.717, 1.165) is 19.3 Å². The maximum Gasteiger partial charge on any atom is 0.336 e. The van der Waals surface area contributed by atoms with E-state index in [1.807, 2.05) is 0 Å². The summed E-state index contributed by atoms with van der Waals surface area (Å²) < 4.78 is 4.71. The van der Waals surface area contributed by atoms with E-state index in [2.05, 4.69) is 6.92 Å². The molecule has 0 saturated heterocycles. The standard InChI is InChI=1S/C21H40O5/c1-2-3-4-5-6-7-8-9-10-11-12-13-14-15-16-17-20(23)26-18-19(22)21(24)25/h19,22H,2-18H2,1H3,(H,24,25). The largest absolute Gasteiger partial charge is 0.479 e. The van der Waals surface area contributed by atoms with Gasteiger partial charge in [0.05, 0.1) is 0 Å². The summed E-state index contributed by atoms with van der Waals surface area (Å²) in [7, 11) is 0. The van der Waals surface area contributed by atoms with E-state index in [1.165, 1.54) is 77.0 Å². The molecule has 0 bridgehead atoms. The highest BCUT2D eigenvalue weighted by Gasteiger charge is 2.15. The zero-order valence-electron chi connectivity index (χ0n) is 16.7. The predicted molar refractivity (Wildman–Crippen MR) is 104 cm³/mol. The maximum absolute atomic E-state index is 11.4. The smallest absolute Gasteiger partial charge is 0.336 e. The molecule has 1 unspecified atom stereocenters. The fourth-order valence-electron chi connectivity index (χ4n) is 2.96. The van der Waals surface area contributed by atoms with Crippen LogP contribution in [0.1, 0.15) is 110 Å². The Hall–Kier alpha value is -1.10. The number of ether oxygens (including phenoxy) is 1. The third-order valence-electron chi connectivity index (χ3n) is 4.67. The van der Waals surface area contributed by atoms with Gasteiger partial charge >= 0.3 is 11.9 Å². The lowest BCUT2D eigenvalue weighted by Gasteiger charge is -2.07. The van der Waals surface area contributed by atoms with E-state index in [-0.39, 0.29) is 0 Å². The van der Waals surface area contributed by atoms with Crippen LogP contribution in [-0.4, -0.2) is 34.9 Å². The molecule has 0 aliphatic carbocycles. The number of carboxylic acid groups (broad SMARTS) is 1. The molecule has 0 aliphatic heterocycles. The Balaban J connectivity index is 3.19. The van der Waals surface area contributed by atoms with Crippen LogP contribution in [0.15, 0.2) is 0 Å². The van der Waals surface area contributed by atoms with Crippen molar-refractivity contribution in [2.45, 2.75) is 116 Å². The average Bonchev–Trinajstić information content (AvgIpc) is 2.62. The molecule has 0 rings (SSSR count). The second-order valence-corrected chi connectivity index (χ2v) is 7.24. The molecule has 1 atom stereocenters. The number of carbonyl (C=O) groups excluding carboxylic acids is 1. The zero-order chi connectivity index (χ0) is 19.5. The molecule has 154 valence electrons. The number of carboxylic acids is 1. The van der Waals surface area contributed by atoms with E-state index in [9.17, 15) is 9.59 Å². The highest BCUT2D eigenvalue weighted by Crippen LogP contribution is 2.13. The Labute approximate surface area is 159 Å². The molecule has 2 N–H and O–H groups in total. The van der Waals surface area contributed by atoms with Gasteiger partial charge in [-0.3, -0.25) is 4.79 Å². The topological polar surface area (TPSA) is 83.8 Å². The minimum atomic E-state index is -1.62. The fourth-order valence-corrected chi connectivity index (χ4v) is 2.96. The van der Waals surface area contributed by atoms with Crippen LogP contribution in [0.5, 0.6) is 0 Å². The van der Waals surface area contributed by atoms with E-state index < -0.39 is 24.6 Å². The van der Waals surface area contributed by atoms with Gasteiger partial charge in [-0.15, -0.1) is 0 Å². The summed E-state index contributed by atoms with van der Waals surface area (Å²) in [6, 6.07) is 0. The van der Waals surface area contributed by atoms with Gasteiger partial charge in [-0.05, 0) is 6.42 Å². The van der Waals surface area contributed by atoms with Crippen LogP contribution in [0.25, 0.3) is 0 Å². The van der Waals surface area contributed by atoms with Crippen molar-refractivity contribution < 1.29 is 24.5 Å². The predicted octanol–water partition coefficient (Wildman–Crippen LogP) is 5.24. The molecule has 26 heavy (non-hydrogen) atoms. The number of aliphatic carboxylic acids is 1. The van der Waals surface area contributed by atoms with E-state index in [0.29, 0.717) is 6.42 Å². The second-order valence-electron chi connectivity index (χ2n) is 7.24. The molecule has 0 heterocycles. The van der Waals surface area contributed by atoms with Crippen molar-refractivity contribution >= 4 is 11.9 Å². The van der Waals surface area contributed by atoms with Crippen molar-refractivity contribution in [1.82, 2.24) is 0 Å². The van der Waals surface area contributed by atoms with Crippen LogP contribution >= 0.6 is 0 Å². The van der Waals surface area contributed by atoms with E-state index in [4.69, 9.17) is 14.9 Å². The Morgan fingerprint density at radius 3 is 1.50 bits per heavy atom. The number of unbranched alkanes of at least 4 members (excludes halogenated alkanes) is 14. The molecule has 5 nitrogen and oxygen atoms in total. The molecule has 0 aliphatic rings. The maximum atomic E-state index is 11.4. The van der Waals surface area contributed by atoms with Crippen molar-refractivity contribution in [3.8, 4) is 0 Å². The second kappa shape index (κ2) is 18.7. The van der Waals surface area contributed by atoms with Gasteiger partial charge in [-0.1, -0.05) is 96.8 Å². The monoisotopic (exact) mass is 372 g/mol. The molecule has 0 amide bonds. The number of hydrogen-bond donors (Lipinski definition) is 2. The summed E-state index contributed by atoms with van der Waals surface area (Å²) in [5.41, 5.74) is 0. The minimum Gasteiger partial charge on any atom is -0.479 e. The van der Waals surface area contributed by atoms with Crippen molar-refractivity contribution in [3.63, 3.8) is 0 Å². The Morgan fingerprint density at radius 1 is 0.731 bits per heavy atom. The summed E-state index contributed by atoms with van der Waals surface area (Å²) in [6.07, 6.45) is 17.7. The van der Waals surface area contributed by atoms with Crippen LogP contribution in [-0.2, 0) is 14.3 Å². The molecule has 0 aromatic carbocycles. The summed E-state index contributed by atoms with van der Waals surface area (Å²) in [4.78, 5) is 21.8. The van der Waals surface area contributed by atoms with Gasteiger partial charge in [0.25, 0.3) is 0 Å². The highest BCUT2D eigenvalue weighted by atomic mass is 16.5. The summed E-state index contributed by atoms with van der Waals surface area (Å²) in [5, 5.41) is 17.5. The van der Waals surface area contributed by atoms with Crippen LogP contribution < -0.4 is 0 Å². The molecule has 0 aromatic heterocycles. The van der Waals surface area contributed by atoms with Crippen LogP contribution in [0.2, 0.25) is 0 Å². The number of carbonyl (C=O) groups is 2. The Morgan fingerprint density at radius 2 is 1.12 bits per heavy atom. The number of aliphatic hydroxyl groups excluding tert-OH is 1. The molecule has 0 spiro atoms. The zero-order valence-corrected chi connectivity index (χ0v) is 16.7. The van der Waals surface area contributed by atoms with Gasteiger partial charge in [0.15, 0.2) is 6.10 Å². The lowest BCUT2D eigenvalue weighted by atomic mass is 10.0. The SMILES string of the molecule is CCCCCCCCCCCCCCCCCC(=O)OCC(O)C(=O)O. The first-order chi connectivity index (χ1) is 12.6. The molecule has 0 fully saturated rings. The van der Waals surface area contributed by atoms with Crippen LogP contribution in [0, 0.1) is 0 Å². The first-order valence-electron chi connectivity index (χ1n) is 10.6. The summed E-state index contributed by atoms with van der Waals surface area (Å²) >= 11 is 0. The molecule has 5 heteroatoms. The summed E-state index contributed by atoms with van der Waals surface area (Å²) in [6.45, 7) is 1.79. The lowest BCUT2D eigenvalue weighted by Crippen LogP contribution is -2.26. The van der Waals surface area contributed by atoms with Gasteiger partial charge in [-0.25, -0.2) is 4.79 Å². The third kappa shape index (κ3) is 17.7. The van der Waals surface area contributed by atoms with E-state index in [1.54, 1.807) is 0 Å². The van der Waals surface area contributed by atoms with Gasteiger partial charge < -0.3 is 14.9 Å². The van der Waals surface area contributed by atoms with Gasteiger partial charge in [-0.2, -0.15) is 0 Å². The molecular weight excluding hydrogens is 332 g/mol. The first-order valence-corrected chi connectivity index (χ1v) is 10.6. The summed E-state index contributed by atoms with van der Waals surface area (Å²) in [5.74, 6) is -1.80. The van der Waals surface area contributed by atoms with Crippen molar-refractivity contribution in [2.75, 3.05) is 6.61 Å². The molecule has 0 radical (unpaired) electrons. The van der Waals surface area contributed by atoms with Crippen molar-refractivity contribution in [2.24, 2.45) is 0 Å². The average molecular weight is 373 g/mol. The fraction of sp³-hybridized carbons (Fsp3) is 0.905. The number of rotatable bonds is 19. The minimum absolute atomic E-state index is 0.296. The van der Waals surface area contributed by atoms with Crippen LogP contribution in [0.4, 0.5) is 0 Å². The van der Waals surface area contributed by atoms with Gasteiger partial charge in [0, 0.05) is 6.42 Å². The molecule has 0 saturated carbocycles. The van der Waals surface area contributed by atoms with Crippen LogP contribution in [0.3, 0.4) is 0 Å². The quantitative estimate of drug-likeness (QED) is 0.239. The lowest BCUT2D eigenvalue weighted by molar-refractivity contribution is -0.156. The normalized spacial score (nSPS) is 12.1. The van der Waals surface area contributed by atoms with Crippen molar-refractivity contribution in [1.29, 1.82) is 0 Å². The first kappa shape index (κ1) is 24.9. The number of aliphatic hydroxyl groups is 1. The highest BCUT2D eigenvalue weighted by molar-refractivity contribution is 5.73. The molecular formula is C21H40O5. The Kier molecular flexibility index (Phi) is 17.9. The Bertz CT molecular complexity index is 343. The third-order valence-corrected chi connectivity index (χ3v) is 4.67. The number of esters is 1. The van der Waals surface area contributed by atoms with Gasteiger partial charge in [0.2, 0.25) is 0 Å².